The predicted octanol–water partition coefficient (Wildman–Crippen LogP) is 0.715. The molecule has 1 unspecified atom stereocenters. The molecule has 0 saturated carbocycles. The summed E-state index contributed by atoms with van der Waals surface area (Å²) < 4.78 is 23.5. The maximum atomic E-state index is 12.4. The van der Waals surface area contributed by atoms with Gasteiger partial charge in [-0.15, -0.1) is 0 Å². The Morgan fingerprint density at radius 1 is 1.24 bits per heavy atom. The summed E-state index contributed by atoms with van der Waals surface area (Å²) in [6.07, 6.45) is 0.489. The highest BCUT2D eigenvalue weighted by Gasteiger charge is 2.46. The zero-order valence-electron chi connectivity index (χ0n) is 13.7. The molecular formula is C14H26N2O4S. The zero-order valence-corrected chi connectivity index (χ0v) is 14.5. The average Bonchev–Trinajstić information content (AvgIpc) is 2.32. The molecule has 7 heteroatoms. The number of carbonyl (C=O) groups is 2. The van der Waals surface area contributed by atoms with E-state index in [4.69, 9.17) is 0 Å². The standard InChI is InChI=1S/C14H26N2O4S/c1-7-10-11(17)16(14(5,6)12(18)15-10)8-9-21(19,20)13(2,3)4/h10H,7-9H2,1-6H3,(H,15,18). The molecular weight excluding hydrogens is 292 g/mol. The van der Waals surface area contributed by atoms with Crippen molar-refractivity contribution in [2.24, 2.45) is 0 Å². The predicted molar refractivity (Wildman–Crippen MR) is 81.6 cm³/mol. The number of nitrogens with zero attached hydrogens (tertiary/aromatic N) is 1. The second-order valence-corrected chi connectivity index (χ2v) is 9.78. The summed E-state index contributed by atoms with van der Waals surface area (Å²) in [6.45, 7) is 10.0. The molecule has 0 aromatic carbocycles. The second-order valence-electron chi connectivity index (χ2n) is 6.91. The Morgan fingerprint density at radius 2 is 1.76 bits per heavy atom. The first-order valence-corrected chi connectivity index (χ1v) is 8.84. The highest BCUT2D eigenvalue weighted by molar-refractivity contribution is 7.92. The molecule has 1 aliphatic heterocycles. The zero-order chi connectivity index (χ0) is 16.6. The van der Waals surface area contributed by atoms with Crippen LogP contribution >= 0.6 is 0 Å². The van der Waals surface area contributed by atoms with Crippen LogP contribution in [0.15, 0.2) is 0 Å². The van der Waals surface area contributed by atoms with Crippen molar-refractivity contribution < 1.29 is 18.0 Å². The summed E-state index contributed by atoms with van der Waals surface area (Å²) in [5.74, 6) is -0.608. The molecule has 6 nitrogen and oxygen atoms in total. The summed E-state index contributed by atoms with van der Waals surface area (Å²) in [5.41, 5.74) is -1.03. The van der Waals surface area contributed by atoms with Crippen LogP contribution in [0, 0.1) is 0 Å². The molecule has 21 heavy (non-hydrogen) atoms. The van der Waals surface area contributed by atoms with E-state index < -0.39 is 26.2 Å². The molecule has 1 atom stereocenters. The van der Waals surface area contributed by atoms with Crippen molar-refractivity contribution in [3.05, 3.63) is 0 Å². The van der Waals surface area contributed by atoms with Crippen molar-refractivity contribution in [2.45, 2.75) is 64.3 Å². The van der Waals surface area contributed by atoms with Crippen molar-refractivity contribution >= 4 is 21.7 Å². The molecule has 0 aliphatic carbocycles. The lowest BCUT2D eigenvalue weighted by atomic mass is 9.95. The van der Waals surface area contributed by atoms with Gasteiger partial charge in [0.05, 0.1) is 10.5 Å². The van der Waals surface area contributed by atoms with Gasteiger partial charge >= 0.3 is 0 Å². The van der Waals surface area contributed by atoms with Gasteiger partial charge in [0.2, 0.25) is 11.8 Å². The topological polar surface area (TPSA) is 83.6 Å². The van der Waals surface area contributed by atoms with Gasteiger partial charge in [-0.2, -0.15) is 0 Å². The fraction of sp³-hybridized carbons (Fsp3) is 0.857. The first-order valence-electron chi connectivity index (χ1n) is 7.19. The molecule has 0 spiro atoms. The normalized spacial score (nSPS) is 23.1. The van der Waals surface area contributed by atoms with E-state index in [9.17, 15) is 18.0 Å². The fourth-order valence-electron chi connectivity index (χ4n) is 2.17. The van der Waals surface area contributed by atoms with Gasteiger partial charge < -0.3 is 10.2 Å². The highest BCUT2D eigenvalue weighted by atomic mass is 32.2. The largest absolute Gasteiger partial charge is 0.342 e. The van der Waals surface area contributed by atoms with Gasteiger partial charge in [-0.05, 0) is 41.0 Å². The van der Waals surface area contributed by atoms with Gasteiger partial charge in [-0.1, -0.05) is 6.92 Å². The van der Waals surface area contributed by atoms with Gasteiger partial charge in [0.15, 0.2) is 9.84 Å². The van der Waals surface area contributed by atoms with Crippen molar-refractivity contribution in [3.63, 3.8) is 0 Å². The number of rotatable bonds is 4. The van der Waals surface area contributed by atoms with Crippen molar-refractivity contribution in [2.75, 3.05) is 12.3 Å². The Labute approximate surface area is 127 Å². The third kappa shape index (κ3) is 3.39. The van der Waals surface area contributed by atoms with E-state index in [1.807, 2.05) is 6.92 Å². The summed E-state index contributed by atoms with van der Waals surface area (Å²) >= 11 is 0. The van der Waals surface area contributed by atoms with E-state index in [0.29, 0.717) is 6.42 Å². The minimum absolute atomic E-state index is 0.0371. The van der Waals surface area contributed by atoms with E-state index in [-0.39, 0.29) is 24.1 Å². The number of piperazine rings is 1. The highest BCUT2D eigenvalue weighted by Crippen LogP contribution is 2.23. The summed E-state index contributed by atoms with van der Waals surface area (Å²) in [6, 6.07) is -0.567. The summed E-state index contributed by atoms with van der Waals surface area (Å²) in [4.78, 5) is 25.9. The van der Waals surface area contributed by atoms with Gasteiger partial charge in [-0.3, -0.25) is 9.59 Å². The van der Waals surface area contributed by atoms with Crippen molar-refractivity contribution in [1.82, 2.24) is 10.2 Å². The van der Waals surface area contributed by atoms with E-state index in [1.54, 1.807) is 34.6 Å². The maximum Gasteiger partial charge on any atom is 0.246 e. The summed E-state index contributed by atoms with van der Waals surface area (Å²) in [5, 5.41) is 2.68. The molecule has 0 aromatic rings. The van der Waals surface area contributed by atoms with Crippen molar-refractivity contribution in [1.29, 1.82) is 0 Å². The SMILES string of the molecule is CCC1NC(=O)C(C)(C)N(CCS(=O)(=O)C(C)(C)C)C1=O. The van der Waals surface area contributed by atoms with Crippen LogP contribution in [-0.4, -0.2) is 53.8 Å². The molecule has 122 valence electrons. The lowest BCUT2D eigenvalue weighted by Gasteiger charge is -2.44. The molecule has 0 aromatic heterocycles. The number of amides is 2. The first-order chi connectivity index (χ1) is 9.34. The first kappa shape index (κ1) is 17.9. The van der Waals surface area contributed by atoms with E-state index in [0.717, 1.165) is 0 Å². The van der Waals surface area contributed by atoms with Crippen LogP contribution in [0.3, 0.4) is 0 Å². The minimum atomic E-state index is -3.34. The molecule has 1 fully saturated rings. The Hall–Kier alpha value is -1.11. The molecule has 2 amide bonds. The van der Waals surface area contributed by atoms with Crippen LogP contribution in [0.25, 0.3) is 0 Å². The quantitative estimate of drug-likeness (QED) is 0.827. The summed E-state index contributed by atoms with van der Waals surface area (Å²) in [7, 11) is -3.34. The van der Waals surface area contributed by atoms with Crippen LogP contribution < -0.4 is 5.32 Å². The maximum absolute atomic E-state index is 12.4. The Kier molecular flexibility index (Phi) is 4.77. The lowest BCUT2D eigenvalue weighted by Crippen LogP contribution is -2.68. The van der Waals surface area contributed by atoms with Gasteiger partial charge in [0.1, 0.15) is 11.6 Å². The van der Waals surface area contributed by atoms with Crippen LogP contribution in [0.1, 0.15) is 48.0 Å². The number of hydrogen-bond donors (Lipinski definition) is 1. The van der Waals surface area contributed by atoms with Crippen LogP contribution in [0.2, 0.25) is 0 Å². The second kappa shape index (κ2) is 5.59. The minimum Gasteiger partial charge on any atom is -0.342 e. The fourth-order valence-corrected chi connectivity index (χ4v) is 3.20. The van der Waals surface area contributed by atoms with Crippen LogP contribution in [0.5, 0.6) is 0 Å². The number of hydrogen-bond acceptors (Lipinski definition) is 4. The third-order valence-corrected chi connectivity index (χ3v) is 6.61. The smallest absolute Gasteiger partial charge is 0.246 e. The lowest BCUT2D eigenvalue weighted by molar-refractivity contribution is -0.154. The molecule has 1 saturated heterocycles. The molecule has 1 heterocycles. The Morgan fingerprint density at radius 3 is 2.19 bits per heavy atom. The van der Waals surface area contributed by atoms with Gasteiger partial charge in [0, 0.05) is 6.54 Å². The number of carbonyl (C=O) groups excluding carboxylic acids is 2. The van der Waals surface area contributed by atoms with Crippen molar-refractivity contribution in [3.8, 4) is 0 Å². The van der Waals surface area contributed by atoms with E-state index in [1.165, 1.54) is 4.90 Å². The molecule has 1 rings (SSSR count). The van der Waals surface area contributed by atoms with Crippen LogP contribution in [0.4, 0.5) is 0 Å². The molecule has 0 bridgehead atoms. The van der Waals surface area contributed by atoms with Crippen LogP contribution in [-0.2, 0) is 19.4 Å². The monoisotopic (exact) mass is 318 g/mol. The number of nitrogens with one attached hydrogen (secondary N) is 1. The Bertz CT molecular complexity index is 532. The molecule has 1 aliphatic rings. The van der Waals surface area contributed by atoms with Gasteiger partial charge in [0.25, 0.3) is 0 Å². The molecule has 0 radical (unpaired) electrons. The third-order valence-electron chi connectivity index (χ3n) is 4.02. The van der Waals surface area contributed by atoms with Gasteiger partial charge in [-0.25, -0.2) is 8.42 Å². The Balaban J connectivity index is 2.98. The van der Waals surface area contributed by atoms with E-state index >= 15 is 0 Å². The van der Waals surface area contributed by atoms with E-state index in [2.05, 4.69) is 5.32 Å². The number of sulfone groups is 1. The molecule has 1 N–H and O–H groups in total. The average molecular weight is 318 g/mol.